The van der Waals surface area contributed by atoms with Gasteiger partial charge in [0.2, 0.25) is 11.9 Å². The number of rotatable bonds is 2. The summed E-state index contributed by atoms with van der Waals surface area (Å²) in [5, 5.41) is 10.1. The number of aryl methyl sites for hydroxylation is 1. The lowest BCUT2D eigenvalue weighted by atomic mass is 9.94. The minimum atomic E-state index is -0.115. The molecule has 1 saturated heterocycles. The molecule has 12 heteroatoms. The third kappa shape index (κ3) is 5.37. The molecule has 6 bridgehead atoms. The molecular formula is C26H27ClN10O. The molecule has 1 unspecified atom stereocenters. The van der Waals surface area contributed by atoms with Gasteiger partial charge in [0.05, 0.1) is 6.20 Å². The van der Waals surface area contributed by atoms with Crippen LogP contribution in [0.3, 0.4) is 0 Å². The number of anilines is 5. The SMILES string of the molecule is O=C(Nc1ccc2cc1CCC1C=NC=C(C1)Nc1ncc(Cl)c(n1)N2)N1CCN(c2ncccn2)CC1. The van der Waals surface area contributed by atoms with Crippen molar-refractivity contribution in [1.82, 2.24) is 24.8 Å². The molecule has 1 atom stereocenters. The summed E-state index contributed by atoms with van der Waals surface area (Å²) in [5.74, 6) is 1.91. The van der Waals surface area contributed by atoms with Gasteiger partial charge >= 0.3 is 6.03 Å². The number of aliphatic imine (C=N–C) groups is 1. The molecule has 6 rings (SSSR count). The summed E-state index contributed by atoms with van der Waals surface area (Å²) in [6, 6.07) is 7.57. The zero-order valence-corrected chi connectivity index (χ0v) is 21.4. The quantitative estimate of drug-likeness (QED) is 0.448. The van der Waals surface area contributed by atoms with Gasteiger partial charge in [-0.05, 0) is 49.1 Å². The van der Waals surface area contributed by atoms with Gasteiger partial charge in [-0.25, -0.2) is 19.7 Å². The number of amides is 2. The lowest BCUT2D eigenvalue weighted by molar-refractivity contribution is 0.208. The molecule has 2 amide bonds. The van der Waals surface area contributed by atoms with Crippen molar-refractivity contribution in [2.24, 2.45) is 10.9 Å². The normalized spacial score (nSPS) is 18.7. The molecule has 194 valence electrons. The first-order chi connectivity index (χ1) is 18.6. The molecule has 0 aliphatic carbocycles. The fourth-order valence-corrected chi connectivity index (χ4v) is 4.94. The minimum absolute atomic E-state index is 0.115. The van der Waals surface area contributed by atoms with Crippen LogP contribution in [-0.4, -0.2) is 63.3 Å². The highest BCUT2D eigenvalue weighted by atomic mass is 35.5. The predicted molar refractivity (Wildman–Crippen MR) is 148 cm³/mol. The van der Waals surface area contributed by atoms with Gasteiger partial charge < -0.3 is 25.8 Å². The van der Waals surface area contributed by atoms with Crippen LogP contribution in [-0.2, 0) is 6.42 Å². The number of halogens is 1. The summed E-state index contributed by atoms with van der Waals surface area (Å²) in [5.41, 5.74) is 3.60. The number of allylic oxidation sites excluding steroid dienone is 1. The zero-order valence-electron chi connectivity index (χ0n) is 20.6. The van der Waals surface area contributed by atoms with E-state index in [0.717, 1.165) is 41.9 Å². The molecule has 0 saturated carbocycles. The standard InChI is InChI=1S/C26H27ClN10O/c27-21-16-31-24-33-20-12-17(14-28-15-20)2-3-18-13-19(32-23(21)35-24)4-5-22(18)34-26(38)37-10-8-36(9-11-37)25-29-6-1-7-30-25/h1,4-7,13-17H,2-3,8-12H2,(H,34,38)(H2,31,32,33,35). The molecule has 3 aliphatic heterocycles. The van der Waals surface area contributed by atoms with E-state index in [1.807, 2.05) is 29.3 Å². The van der Waals surface area contributed by atoms with Gasteiger partial charge in [0.25, 0.3) is 0 Å². The van der Waals surface area contributed by atoms with Crippen LogP contribution >= 0.6 is 11.6 Å². The van der Waals surface area contributed by atoms with E-state index in [4.69, 9.17) is 11.6 Å². The highest BCUT2D eigenvalue weighted by molar-refractivity contribution is 6.32. The number of piperazine rings is 1. The van der Waals surface area contributed by atoms with E-state index in [9.17, 15) is 4.79 Å². The van der Waals surface area contributed by atoms with Crippen LogP contribution in [0.5, 0.6) is 0 Å². The van der Waals surface area contributed by atoms with Gasteiger partial charge in [0.15, 0.2) is 5.82 Å². The van der Waals surface area contributed by atoms with Gasteiger partial charge in [-0.15, -0.1) is 0 Å². The van der Waals surface area contributed by atoms with Crippen LogP contribution in [0.15, 0.2) is 59.7 Å². The average molecular weight is 531 g/mol. The third-order valence-electron chi connectivity index (χ3n) is 6.82. The minimum Gasteiger partial charge on any atom is -0.339 e. The third-order valence-corrected chi connectivity index (χ3v) is 7.10. The van der Waals surface area contributed by atoms with E-state index in [0.29, 0.717) is 48.9 Å². The highest BCUT2D eigenvalue weighted by Gasteiger charge is 2.24. The van der Waals surface area contributed by atoms with Gasteiger partial charge in [0, 0.05) is 74.0 Å². The number of carbonyl (C=O) groups excluding carboxylic acids is 1. The summed E-state index contributed by atoms with van der Waals surface area (Å²) in [7, 11) is 0. The van der Waals surface area contributed by atoms with Crippen LogP contribution in [0, 0.1) is 5.92 Å². The lowest BCUT2D eigenvalue weighted by Crippen LogP contribution is -2.50. The largest absolute Gasteiger partial charge is 0.339 e. The van der Waals surface area contributed by atoms with Crippen molar-refractivity contribution in [3.63, 3.8) is 0 Å². The average Bonchev–Trinajstić information content (AvgIpc) is 2.95. The molecular weight excluding hydrogens is 504 g/mol. The molecule has 3 aromatic rings. The number of hydrogen-bond acceptors (Lipinski definition) is 9. The number of nitrogens with one attached hydrogen (secondary N) is 3. The molecule has 3 N–H and O–H groups in total. The van der Waals surface area contributed by atoms with Gasteiger partial charge in [-0.2, -0.15) is 4.98 Å². The van der Waals surface area contributed by atoms with Crippen molar-refractivity contribution in [3.8, 4) is 0 Å². The van der Waals surface area contributed by atoms with E-state index in [2.05, 4.69) is 45.8 Å². The van der Waals surface area contributed by atoms with Gasteiger partial charge in [0.1, 0.15) is 5.02 Å². The Balaban J connectivity index is 1.20. The second-order valence-electron chi connectivity index (χ2n) is 9.42. The predicted octanol–water partition coefficient (Wildman–Crippen LogP) is 4.31. The fraction of sp³-hybridized carbons (Fsp3) is 0.308. The maximum atomic E-state index is 13.2. The summed E-state index contributed by atoms with van der Waals surface area (Å²) >= 11 is 6.38. The number of hydrogen-bond donors (Lipinski definition) is 3. The van der Waals surface area contributed by atoms with Crippen molar-refractivity contribution in [2.45, 2.75) is 19.3 Å². The van der Waals surface area contributed by atoms with E-state index < -0.39 is 0 Å². The van der Waals surface area contributed by atoms with E-state index in [1.54, 1.807) is 30.9 Å². The molecule has 11 nitrogen and oxygen atoms in total. The first-order valence-electron chi connectivity index (χ1n) is 12.6. The number of fused-ring (bicyclic) bond motifs is 6. The molecule has 5 heterocycles. The van der Waals surface area contributed by atoms with E-state index in [1.165, 1.54) is 0 Å². The van der Waals surface area contributed by atoms with Crippen LogP contribution in [0.2, 0.25) is 5.02 Å². The van der Waals surface area contributed by atoms with Crippen LogP contribution in [0.4, 0.5) is 33.9 Å². The van der Waals surface area contributed by atoms with E-state index in [-0.39, 0.29) is 11.9 Å². The Morgan fingerprint density at radius 3 is 2.76 bits per heavy atom. The van der Waals surface area contributed by atoms with E-state index >= 15 is 0 Å². The summed E-state index contributed by atoms with van der Waals surface area (Å²) in [4.78, 5) is 39.1. The Morgan fingerprint density at radius 2 is 1.92 bits per heavy atom. The Labute approximate surface area is 225 Å². The van der Waals surface area contributed by atoms with Crippen molar-refractivity contribution in [2.75, 3.05) is 47.0 Å². The van der Waals surface area contributed by atoms with Crippen molar-refractivity contribution < 1.29 is 4.79 Å². The number of carbonyl (C=O) groups is 1. The number of nitrogens with zero attached hydrogens (tertiary/aromatic N) is 7. The molecule has 1 aromatic carbocycles. The fourth-order valence-electron chi connectivity index (χ4n) is 4.80. The number of aromatic nitrogens is 4. The highest BCUT2D eigenvalue weighted by Crippen LogP contribution is 2.31. The number of urea groups is 1. The molecule has 0 spiro atoms. The Kier molecular flexibility index (Phi) is 6.74. The molecule has 1 fully saturated rings. The number of benzene rings is 1. The lowest BCUT2D eigenvalue weighted by Gasteiger charge is -2.34. The topological polar surface area (TPSA) is 124 Å². The molecule has 2 aromatic heterocycles. The smallest absolute Gasteiger partial charge is 0.321 e. The molecule has 38 heavy (non-hydrogen) atoms. The monoisotopic (exact) mass is 530 g/mol. The van der Waals surface area contributed by atoms with Crippen molar-refractivity contribution >= 4 is 52.9 Å². The Morgan fingerprint density at radius 1 is 1.08 bits per heavy atom. The Bertz CT molecular complexity index is 1390. The van der Waals surface area contributed by atoms with Gasteiger partial charge in [-0.1, -0.05) is 11.6 Å². The van der Waals surface area contributed by atoms with Crippen molar-refractivity contribution in [3.05, 3.63) is 65.3 Å². The Hall–Kier alpha value is -4.25. The maximum Gasteiger partial charge on any atom is 0.321 e. The second-order valence-corrected chi connectivity index (χ2v) is 9.83. The van der Waals surface area contributed by atoms with Crippen LogP contribution in [0.1, 0.15) is 18.4 Å². The molecule has 3 aliphatic rings. The second kappa shape index (κ2) is 10.6. The summed E-state index contributed by atoms with van der Waals surface area (Å²) < 4.78 is 0. The molecule has 0 radical (unpaired) electrons. The van der Waals surface area contributed by atoms with Crippen LogP contribution in [0.25, 0.3) is 0 Å². The maximum absolute atomic E-state index is 13.2. The zero-order chi connectivity index (χ0) is 25.9. The van der Waals surface area contributed by atoms with Crippen LogP contribution < -0.4 is 20.9 Å². The summed E-state index contributed by atoms with van der Waals surface area (Å²) in [6.07, 6.45) is 11.3. The first kappa shape index (κ1) is 24.1. The first-order valence-corrected chi connectivity index (χ1v) is 13.0. The van der Waals surface area contributed by atoms with Crippen molar-refractivity contribution in [1.29, 1.82) is 0 Å². The summed E-state index contributed by atoms with van der Waals surface area (Å²) in [6.45, 7) is 2.54. The van der Waals surface area contributed by atoms with Gasteiger partial charge in [-0.3, -0.25) is 4.99 Å².